The first-order valence-corrected chi connectivity index (χ1v) is 17.4. The van der Waals surface area contributed by atoms with Crippen molar-refractivity contribution < 1.29 is 33.8 Å². The molecule has 1 heterocycles. The molecule has 50 heavy (non-hydrogen) atoms. The number of aromatic nitrogens is 1. The molecule has 14 heteroatoms. The number of hydrazine groups is 1. The predicted octanol–water partition coefficient (Wildman–Crippen LogP) is 4.27. The average Bonchev–Trinajstić information content (AvgIpc) is 3.64. The molecule has 0 unspecified atom stereocenters. The zero-order valence-electron chi connectivity index (χ0n) is 29.8. The van der Waals surface area contributed by atoms with Crippen LogP contribution in [0.5, 0.6) is 0 Å². The molecule has 0 aliphatic heterocycles. The van der Waals surface area contributed by atoms with E-state index >= 15 is 0 Å². The van der Waals surface area contributed by atoms with E-state index in [9.17, 15) is 24.3 Å². The Labute approximate surface area is 298 Å². The van der Waals surface area contributed by atoms with Gasteiger partial charge in [-0.3, -0.25) is 20.0 Å². The number of alkyl carbamates (subject to hydrolysis) is 2. The molecule has 13 nitrogen and oxygen atoms in total. The van der Waals surface area contributed by atoms with Crippen molar-refractivity contribution in [1.29, 1.82) is 0 Å². The van der Waals surface area contributed by atoms with E-state index in [-0.39, 0.29) is 25.4 Å². The van der Waals surface area contributed by atoms with Gasteiger partial charge in [-0.05, 0) is 34.4 Å². The Balaban J connectivity index is 1.94. The minimum absolute atomic E-state index is 0.101. The van der Waals surface area contributed by atoms with E-state index in [4.69, 9.17) is 9.47 Å². The number of aliphatic hydroxyl groups is 1. The fourth-order valence-corrected chi connectivity index (χ4v) is 5.87. The number of hydrogen-bond donors (Lipinski definition) is 5. The van der Waals surface area contributed by atoms with Gasteiger partial charge in [0.2, 0.25) is 5.91 Å². The summed E-state index contributed by atoms with van der Waals surface area (Å²) in [7, 11) is 2.45. The maximum absolute atomic E-state index is 13.7. The van der Waals surface area contributed by atoms with E-state index < -0.39 is 53.6 Å². The number of carbonyl (C=O) groups excluding carboxylic acids is 4. The smallest absolute Gasteiger partial charge is 0.407 e. The molecule has 3 aromatic rings. The monoisotopic (exact) mass is 710 g/mol. The molecule has 0 saturated carbocycles. The summed E-state index contributed by atoms with van der Waals surface area (Å²) in [5.41, 5.74) is 6.67. The molecule has 0 aliphatic rings. The molecule has 0 radical (unpaired) electrons. The molecule has 0 bridgehead atoms. The van der Waals surface area contributed by atoms with Gasteiger partial charge < -0.3 is 30.5 Å². The highest BCUT2D eigenvalue weighted by Crippen LogP contribution is 2.24. The number of nitrogens with zero attached hydrogens (tertiary/aromatic N) is 2. The molecule has 272 valence electrons. The molecule has 0 aliphatic carbocycles. The van der Waals surface area contributed by atoms with Crippen LogP contribution in [0.2, 0.25) is 0 Å². The molecule has 1 aromatic heterocycles. The molecule has 0 spiro atoms. The summed E-state index contributed by atoms with van der Waals surface area (Å²) in [4.78, 5) is 56.9. The van der Waals surface area contributed by atoms with Crippen molar-refractivity contribution >= 4 is 35.3 Å². The van der Waals surface area contributed by atoms with Crippen LogP contribution in [0.1, 0.15) is 52.2 Å². The van der Waals surface area contributed by atoms with E-state index in [0.717, 1.165) is 21.6 Å². The Kier molecular flexibility index (Phi) is 15.2. The highest BCUT2D eigenvalue weighted by Gasteiger charge is 2.36. The van der Waals surface area contributed by atoms with Gasteiger partial charge in [0.05, 0.1) is 36.8 Å². The Morgan fingerprint density at radius 2 is 1.54 bits per heavy atom. The molecule has 5 atom stereocenters. The third kappa shape index (κ3) is 12.1. The average molecular weight is 711 g/mol. The van der Waals surface area contributed by atoms with Gasteiger partial charge in [-0.1, -0.05) is 95.6 Å². The normalized spacial score (nSPS) is 14.4. The van der Waals surface area contributed by atoms with Crippen LogP contribution in [0.15, 0.2) is 66.3 Å². The fraction of sp³-hybridized carbons (Fsp3) is 0.472. The van der Waals surface area contributed by atoms with E-state index in [2.05, 4.69) is 26.4 Å². The predicted molar refractivity (Wildman–Crippen MR) is 192 cm³/mol. The quantitative estimate of drug-likeness (QED) is 0.136. The number of nitrogens with one attached hydrogen (secondary N) is 4. The maximum Gasteiger partial charge on any atom is 0.407 e. The number of ether oxygens (including phenoxy) is 2. The molecule has 0 fully saturated rings. The lowest BCUT2D eigenvalue weighted by molar-refractivity contribution is -0.131. The summed E-state index contributed by atoms with van der Waals surface area (Å²) in [5, 5.41) is 21.6. The minimum Gasteiger partial charge on any atom is -0.453 e. The second kappa shape index (κ2) is 19.0. The lowest BCUT2D eigenvalue weighted by Crippen LogP contribution is -2.60. The maximum atomic E-state index is 13.7. The number of rotatable bonds is 16. The largest absolute Gasteiger partial charge is 0.453 e. The summed E-state index contributed by atoms with van der Waals surface area (Å²) in [5.74, 6) is -1.23. The van der Waals surface area contributed by atoms with Crippen molar-refractivity contribution in [3.8, 4) is 10.4 Å². The highest BCUT2D eigenvalue weighted by atomic mass is 32.1. The topological polar surface area (TPSA) is 171 Å². The van der Waals surface area contributed by atoms with Crippen LogP contribution < -0.4 is 21.4 Å². The molecule has 0 saturated heterocycles. The number of hydrogen-bond acceptors (Lipinski definition) is 10. The highest BCUT2D eigenvalue weighted by molar-refractivity contribution is 7.13. The third-order valence-corrected chi connectivity index (χ3v) is 9.16. The van der Waals surface area contributed by atoms with E-state index in [1.54, 1.807) is 16.7 Å². The third-order valence-electron chi connectivity index (χ3n) is 8.34. The SMILES string of the molecule is CC[C@H](C)[C@H](NC(=O)OC)C(=O)NN(Cc1ccc(-c2cncs2)cc1)C[C@H](O)[C@H](Cc1ccccc1)NC(=O)[C@@H](NC(=O)OC)C(C)(C)C. The summed E-state index contributed by atoms with van der Waals surface area (Å²) in [6.45, 7) is 9.27. The number of thiazole rings is 1. The number of methoxy groups -OCH3 is 2. The van der Waals surface area contributed by atoms with Crippen molar-refractivity contribution in [3.05, 3.63) is 77.4 Å². The molecular weight excluding hydrogens is 660 g/mol. The second-order valence-electron chi connectivity index (χ2n) is 13.2. The number of benzene rings is 2. The van der Waals surface area contributed by atoms with Crippen molar-refractivity contribution in [1.82, 2.24) is 31.4 Å². The van der Waals surface area contributed by atoms with Crippen molar-refractivity contribution in [3.63, 3.8) is 0 Å². The summed E-state index contributed by atoms with van der Waals surface area (Å²) in [6.07, 6.45) is -0.0536. The van der Waals surface area contributed by atoms with Crippen LogP contribution in [0.4, 0.5) is 9.59 Å². The standard InChI is InChI=1S/C36H50N6O7S/c1-8-23(2)30(39-34(46)48-6)32(44)41-42(20-25-14-16-26(17-15-25)29-19-37-22-50-29)21-28(43)27(18-24-12-10-9-11-13-24)38-33(45)31(36(3,4)5)40-35(47)49-7/h9-17,19,22-23,27-28,30-31,43H,8,18,20-21H2,1-7H3,(H,38,45)(H,39,46)(H,40,47)(H,41,44)/t23-,27-,28-,30-,31+/m0/s1. The van der Waals surface area contributed by atoms with Gasteiger partial charge >= 0.3 is 12.2 Å². The Bertz CT molecular complexity index is 1520. The molecule has 5 N–H and O–H groups in total. The van der Waals surface area contributed by atoms with Crippen LogP contribution >= 0.6 is 11.3 Å². The van der Waals surface area contributed by atoms with Crippen molar-refractivity contribution in [2.45, 2.75) is 78.2 Å². The van der Waals surface area contributed by atoms with Crippen molar-refractivity contribution in [2.24, 2.45) is 11.3 Å². The number of amides is 4. The zero-order valence-corrected chi connectivity index (χ0v) is 30.6. The van der Waals surface area contributed by atoms with Crippen LogP contribution in [-0.4, -0.2) is 84.1 Å². The van der Waals surface area contributed by atoms with Crippen LogP contribution in [0.3, 0.4) is 0 Å². The van der Waals surface area contributed by atoms with Gasteiger partial charge in [0.1, 0.15) is 12.1 Å². The number of carbonyl (C=O) groups is 4. The molecule has 2 aromatic carbocycles. The van der Waals surface area contributed by atoms with E-state index in [1.807, 2.05) is 89.2 Å². The van der Waals surface area contributed by atoms with Gasteiger partial charge in [-0.2, -0.15) is 0 Å². The molecular formula is C36H50N6O7S. The minimum atomic E-state index is -1.20. The van der Waals surface area contributed by atoms with Crippen LogP contribution in [0.25, 0.3) is 10.4 Å². The lowest BCUT2D eigenvalue weighted by Gasteiger charge is -2.35. The van der Waals surface area contributed by atoms with Crippen LogP contribution in [-0.2, 0) is 32.0 Å². The Hall–Kier alpha value is -4.53. The fourth-order valence-electron chi connectivity index (χ4n) is 5.24. The molecule has 4 amide bonds. The van der Waals surface area contributed by atoms with Gasteiger partial charge in [0.15, 0.2) is 0 Å². The van der Waals surface area contributed by atoms with Crippen LogP contribution in [0, 0.1) is 11.3 Å². The first-order chi connectivity index (χ1) is 23.7. The van der Waals surface area contributed by atoms with Gasteiger partial charge in [0.25, 0.3) is 5.91 Å². The first-order valence-electron chi connectivity index (χ1n) is 16.5. The van der Waals surface area contributed by atoms with Gasteiger partial charge in [-0.25, -0.2) is 14.6 Å². The number of aliphatic hydroxyl groups excluding tert-OH is 1. The zero-order chi connectivity index (χ0) is 36.8. The lowest BCUT2D eigenvalue weighted by atomic mass is 9.85. The Morgan fingerprint density at radius 1 is 0.900 bits per heavy atom. The van der Waals surface area contributed by atoms with Gasteiger partial charge in [0, 0.05) is 19.3 Å². The van der Waals surface area contributed by atoms with Crippen molar-refractivity contribution in [2.75, 3.05) is 20.8 Å². The summed E-state index contributed by atoms with van der Waals surface area (Å²) in [6, 6.07) is 14.4. The summed E-state index contributed by atoms with van der Waals surface area (Å²) < 4.78 is 9.53. The summed E-state index contributed by atoms with van der Waals surface area (Å²) >= 11 is 1.52. The first kappa shape index (κ1) is 39.9. The second-order valence-corrected chi connectivity index (χ2v) is 14.1. The Morgan fingerprint density at radius 3 is 2.10 bits per heavy atom. The molecule has 3 rings (SSSR count). The van der Waals surface area contributed by atoms with E-state index in [1.165, 1.54) is 25.6 Å². The van der Waals surface area contributed by atoms with Gasteiger partial charge in [-0.15, -0.1) is 11.3 Å². The van der Waals surface area contributed by atoms with E-state index in [0.29, 0.717) is 6.42 Å².